The minimum absolute atomic E-state index is 0.267. The zero-order valence-corrected chi connectivity index (χ0v) is 9.42. The molecule has 84 valence electrons. The first-order valence-corrected chi connectivity index (χ1v) is 5.22. The predicted octanol–water partition coefficient (Wildman–Crippen LogP) is 1.47. The van der Waals surface area contributed by atoms with Crippen molar-refractivity contribution < 1.29 is 0 Å². The number of hydrogen-bond donors (Lipinski definition) is 0. The number of nitriles is 1. The summed E-state index contributed by atoms with van der Waals surface area (Å²) in [4.78, 5) is 15.2. The van der Waals surface area contributed by atoms with Crippen LogP contribution in [0.15, 0.2) is 41.5 Å². The van der Waals surface area contributed by atoms with E-state index in [1.54, 1.807) is 18.3 Å². The van der Waals surface area contributed by atoms with Gasteiger partial charge in [-0.1, -0.05) is 6.07 Å². The Labute approximate surface area is 98.8 Å². The fourth-order valence-electron chi connectivity index (χ4n) is 1.63. The highest BCUT2D eigenvalue weighted by molar-refractivity contribution is 5.37. The lowest BCUT2D eigenvalue weighted by Crippen LogP contribution is -2.22. The molecule has 17 heavy (non-hydrogen) atoms. The third-order valence-electron chi connectivity index (χ3n) is 2.60. The number of aromatic nitrogens is 2. The van der Waals surface area contributed by atoms with Crippen LogP contribution in [0.3, 0.4) is 0 Å². The number of benzene rings is 1. The van der Waals surface area contributed by atoms with Gasteiger partial charge in [0.15, 0.2) is 0 Å². The minimum Gasteiger partial charge on any atom is -0.295 e. The van der Waals surface area contributed by atoms with E-state index in [4.69, 9.17) is 5.26 Å². The molecule has 1 aromatic heterocycles. The van der Waals surface area contributed by atoms with Crippen molar-refractivity contribution in [1.82, 2.24) is 9.55 Å². The second-order valence-electron chi connectivity index (χ2n) is 3.78. The molecule has 0 radical (unpaired) electrons. The van der Waals surface area contributed by atoms with Gasteiger partial charge in [-0.2, -0.15) is 5.26 Å². The molecule has 0 aliphatic carbocycles. The predicted molar refractivity (Wildman–Crippen MR) is 63.5 cm³/mol. The van der Waals surface area contributed by atoms with E-state index >= 15 is 0 Å². The van der Waals surface area contributed by atoms with Crippen molar-refractivity contribution in [1.29, 1.82) is 5.26 Å². The Kier molecular flexibility index (Phi) is 3.01. The van der Waals surface area contributed by atoms with Gasteiger partial charge in [0.2, 0.25) is 0 Å². The zero-order chi connectivity index (χ0) is 12.3. The quantitative estimate of drug-likeness (QED) is 0.777. The maximum atomic E-state index is 11.5. The van der Waals surface area contributed by atoms with Crippen LogP contribution in [0.5, 0.6) is 0 Å². The van der Waals surface area contributed by atoms with Crippen LogP contribution in [-0.4, -0.2) is 9.55 Å². The van der Waals surface area contributed by atoms with Gasteiger partial charge in [-0.15, -0.1) is 0 Å². The van der Waals surface area contributed by atoms with Crippen LogP contribution >= 0.6 is 0 Å². The van der Waals surface area contributed by atoms with Crippen LogP contribution in [0.4, 0.5) is 0 Å². The van der Waals surface area contributed by atoms with E-state index in [0.717, 1.165) is 11.1 Å². The molecule has 2 aromatic rings. The molecule has 0 aliphatic rings. The smallest absolute Gasteiger partial charge is 0.295 e. The van der Waals surface area contributed by atoms with Gasteiger partial charge in [-0.05, 0) is 36.2 Å². The fraction of sp³-hybridized carbons (Fsp3) is 0.154. The van der Waals surface area contributed by atoms with Gasteiger partial charge in [-0.3, -0.25) is 4.57 Å². The number of rotatable bonds is 2. The summed E-state index contributed by atoms with van der Waals surface area (Å²) >= 11 is 0. The standard InChI is InChI=1S/C13H11N3O/c1-10-7-11(8-14)3-4-12(10)9-16-6-2-5-15-13(16)17/h2-7H,9H2,1H3. The second-order valence-corrected chi connectivity index (χ2v) is 3.78. The Morgan fingerprint density at radius 1 is 1.47 bits per heavy atom. The van der Waals surface area contributed by atoms with Gasteiger partial charge < -0.3 is 0 Å². The molecule has 0 atom stereocenters. The molecular formula is C13H11N3O. The molecule has 0 saturated heterocycles. The summed E-state index contributed by atoms with van der Waals surface area (Å²) in [6.07, 6.45) is 3.18. The van der Waals surface area contributed by atoms with E-state index in [1.807, 2.05) is 19.1 Å². The molecule has 0 unspecified atom stereocenters. The summed E-state index contributed by atoms with van der Waals surface area (Å²) in [6.45, 7) is 2.40. The maximum absolute atomic E-state index is 11.5. The van der Waals surface area contributed by atoms with E-state index in [9.17, 15) is 4.79 Å². The van der Waals surface area contributed by atoms with Crippen molar-refractivity contribution in [2.45, 2.75) is 13.5 Å². The first kappa shape index (κ1) is 11.1. The molecule has 0 saturated carbocycles. The van der Waals surface area contributed by atoms with E-state index < -0.39 is 0 Å². The summed E-state index contributed by atoms with van der Waals surface area (Å²) in [6, 6.07) is 9.25. The molecule has 0 spiro atoms. The molecule has 1 heterocycles. The largest absolute Gasteiger partial charge is 0.347 e. The van der Waals surface area contributed by atoms with Gasteiger partial charge in [0, 0.05) is 12.4 Å². The first-order valence-electron chi connectivity index (χ1n) is 5.22. The zero-order valence-electron chi connectivity index (χ0n) is 9.42. The Morgan fingerprint density at radius 3 is 2.94 bits per heavy atom. The average molecular weight is 225 g/mol. The third-order valence-corrected chi connectivity index (χ3v) is 2.60. The van der Waals surface area contributed by atoms with Crippen LogP contribution in [-0.2, 0) is 6.54 Å². The van der Waals surface area contributed by atoms with Gasteiger partial charge in [0.25, 0.3) is 0 Å². The van der Waals surface area contributed by atoms with Gasteiger partial charge in [0.05, 0.1) is 18.2 Å². The van der Waals surface area contributed by atoms with E-state index in [1.165, 1.54) is 10.8 Å². The molecule has 0 N–H and O–H groups in total. The van der Waals surface area contributed by atoms with Gasteiger partial charge in [-0.25, -0.2) is 9.78 Å². The number of nitrogens with zero attached hydrogens (tertiary/aromatic N) is 3. The van der Waals surface area contributed by atoms with Crippen molar-refractivity contribution in [3.05, 3.63) is 63.8 Å². The van der Waals surface area contributed by atoms with Crippen LogP contribution in [0.1, 0.15) is 16.7 Å². The summed E-state index contributed by atoms with van der Waals surface area (Å²) in [5, 5.41) is 8.77. The molecule has 4 heteroatoms. The SMILES string of the molecule is Cc1cc(C#N)ccc1Cn1cccnc1=O. The fourth-order valence-corrected chi connectivity index (χ4v) is 1.63. The molecule has 1 aromatic carbocycles. The lowest BCUT2D eigenvalue weighted by molar-refractivity contribution is 0.723. The van der Waals surface area contributed by atoms with Crippen molar-refractivity contribution in [2.75, 3.05) is 0 Å². The van der Waals surface area contributed by atoms with Crippen LogP contribution < -0.4 is 5.69 Å². The molecule has 0 fully saturated rings. The lowest BCUT2D eigenvalue weighted by Gasteiger charge is -2.07. The highest BCUT2D eigenvalue weighted by Gasteiger charge is 2.02. The third kappa shape index (κ3) is 2.40. The van der Waals surface area contributed by atoms with Crippen LogP contribution in [0, 0.1) is 18.3 Å². The Hall–Kier alpha value is -2.41. The molecule has 4 nitrogen and oxygen atoms in total. The van der Waals surface area contributed by atoms with E-state index in [0.29, 0.717) is 12.1 Å². The molecule has 0 bridgehead atoms. The number of hydrogen-bond acceptors (Lipinski definition) is 3. The van der Waals surface area contributed by atoms with Crippen molar-refractivity contribution in [3.63, 3.8) is 0 Å². The second kappa shape index (κ2) is 4.62. The summed E-state index contributed by atoms with van der Waals surface area (Å²) in [5.41, 5.74) is 2.37. The van der Waals surface area contributed by atoms with E-state index in [-0.39, 0.29) is 5.69 Å². The van der Waals surface area contributed by atoms with E-state index in [2.05, 4.69) is 11.1 Å². The van der Waals surface area contributed by atoms with Gasteiger partial charge >= 0.3 is 5.69 Å². The molecular weight excluding hydrogens is 214 g/mol. The Bertz CT molecular complexity index is 638. The molecule has 0 amide bonds. The van der Waals surface area contributed by atoms with Gasteiger partial charge in [0.1, 0.15) is 0 Å². The Morgan fingerprint density at radius 2 is 2.29 bits per heavy atom. The minimum atomic E-state index is -0.267. The highest BCUT2D eigenvalue weighted by atomic mass is 16.1. The van der Waals surface area contributed by atoms with Crippen molar-refractivity contribution >= 4 is 0 Å². The Balaban J connectivity index is 2.35. The van der Waals surface area contributed by atoms with Crippen molar-refractivity contribution in [2.24, 2.45) is 0 Å². The summed E-state index contributed by atoms with van der Waals surface area (Å²) in [5.74, 6) is 0. The monoisotopic (exact) mass is 225 g/mol. The summed E-state index contributed by atoms with van der Waals surface area (Å²) < 4.78 is 1.54. The highest BCUT2D eigenvalue weighted by Crippen LogP contribution is 2.11. The molecule has 2 rings (SSSR count). The average Bonchev–Trinajstić information content (AvgIpc) is 2.34. The maximum Gasteiger partial charge on any atom is 0.347 e. The lowest BCUT2D eigenvalue weighted by atomic mass is 10.1. The van der Waals surface area contributed by atoms with Crippen molar-refractivity contribution in [3.8, 4) is 6.07 Å². The summed E-state index contributed by atoms with van der Waals surface area (Å²) in [7, 11) is 0. The normalized spacial score (nSPS) is 9.88. The topological polar surface area (TPSA) is 58.7 Å². The molecule has 0 aliphatic heterocycles. The van der Waals surface area contributed by atoms with Crippen LogP contribution in [0.2, 0.25) is 0 Å². The van der Waals surface area contributed by atoms with Crippen LogP contribution in [0.25, 0.3) is 0 Å². The number of aryl methyl sites for hydroxylation is 1. The first-order chi connectivity index (χ1) is 8.20.